The lowest BCUT2D eigenvalue weighted by Gasteiger charge is -2.33. The fourth-order valence-electron chi connectivity index (χ4n) is 3.15. The number of nitrogens with zero attached hydrogens (tertiary/aromatic N) is 3. The third-order valence-electron chi connectivity index (χ3n) is 4.64. The Balaban J connectivity index is 1.70. The zero-order chi connectivity index (χ0) is 20.4. The van der Waals surface area contributed by atoms with Crippen LogP contribution in [0.1, 0.15) is 25.5 Å². The average Bonchev–Trinajstić information content (AvgIpc) is 3.15. The summed E-state index contributed by atoms with van der Waals surface area (Å²) in [6, 6.07) is 15.6. The average molecular weight is 412 g/mol. The zero-order valence-electron chi connectivity index (χ0n) is 16.2. The van der Waals surface area contributed by atoms with Crippen molar-refractivity contribution < 1.29 is 9.18 Å². The van der Waals surface area contributed by atoms with Crippen LogP contribution in [0.3, 0.4) is 0 Å². The van der Waals surface area contributed by atoms with Gasteiger partial charge in [0.25, 0.3) is 0 Å². The molecular weight excluding hydrogens is 389 g/mol. The van der Waals surface area contributed by atoms with Crippen LogP contribution in [0.4, 0.5) is 4.39 Å². The summed E-state index contributed by atoms with van der Waals surface area (Å²) in [5.74, 6) is 0.619. The van der Waals surface area contributed by atoms with Crippen molar-refractivity contribution in [1.82, 2.24) is 20.2 Å². The van der Waals surface area contributed by atoms with Gasteiger partial charge in [-0.1, -0.05) is 68.1 Å². The molecule has 0 aliphatic carbocycles. The monoisotopic (exact) mass is 411 g/mol. The molecule has 4 rings (SSSR count). The van der Waals surface area contributed by atoms with Crippen molar-refractivity contribution in [2.24, 2.45) is 5.92 Å². The number of carbonyl (C=O) groups is 1. The molecule has 6 nitrogen and oxygen atoms in total. The highest BCUT2D eigenvalue weighted by Gasteiger charge is 2.37. The van der Waals surface area contributed by atoms with Crippen LogP contribution < -0.4 is 10.7 Å². The maximum Gasteiger partial charge on any atom is 0.236 e. The summed E-state index contributed by atoms with van der Waals surface area (Å²) in [5.41, 5.74) is 5.12. The first kappa shape index (κ1) is 19.4. The second-order valence-corrected chi connectivity index (χ2v) is 8.45. The Labute approximate surface area is 172 Å². The number of fused-ring (bicyclic) bond motifs is 1. The molecule has 29 heavy (non-hydrogen) atoms. The maximum atomic E-state index is 13.5. The molecule has 2 aromatic carbocycles. The standard InChI is InChI=1S/C21H22FN5OS/c1-13(2)12-23-20(28)18-17(14-8-10-16(22)11-9-14)26-27-19(24-25-21(27)29-18)15-6-4-3-5-7-15/h3-11,13,17-18,26H,12H2,1-2H3,(H,23,28). The van der Waals surface area contributed by atoms with Crippen molar-refractivity contribution in [2.45, 2.75) is 30.3 Å². The number of carbonyl (C=O) groups excluding carboxylic acids is 1. The van der Waals surface area contributed by atoms with E-state index in [0.29, 0.717) is 23.4 Å². The molecule has 150 valence electrons. The van der Waals surface area contributed by atoms with Crippen LogP contribution in [0.25, 0.3) is 11.4 Å². The Hall–Kier alpha value is -2.87. The van der Waals surface area contributed by atoms with E-state index in [9.17, 15) is 9.18 Å². The van der Waals surface area contributed by atoms with E-state index in [-0.39, 0.29) is 17.8 Å². The number of hydrogen-bond donors (Lipinski definition) is 2. The van der Waals surface area contributed by atoms with Gasteiger partial charge in [-0.25, -0.2) is 9.07 Å². The highest BCUT2D eigenvalue weighted by Crippen LogP contribution is 2.38. The Kier molecular flexibility index (Phi) is 5.53. The highest BCUT2D eigenvalue weighted by molar-refractivity contribution is 8.00. The van der Waals surface area contributed by atoms with E-state index in [0.717, 1.165) is 11.1 Å². The van der Waals surface area contributed by atoms with Gasteiger partial charge in [-0.05, 0) is 23.6 Å². The van der Waals surface area contributed by atoms with E-state index in [1.165, 1.54) is 23.9 Å². The van der Waals surface area contributed by atoms with E-state index in [1.807, 2.05) is 44.2 Å². The molecule has 2 atom stereocenters. The minimum atomic E-state index is -0.459. The SMILES string of the molecule is CC(C)CNC(=O)C1Sc2nnc(-c3ccccc3)n2NC1c1ccc(F)cc1. The van der Waals surface area contributed by atoms with Gasteiger partial charge in [0.2, 0.25) is 11.1 Å². The number of benzene rings is 2. The van der Waals surface area contributed by atoms with Crippen molar-refractivity contribution in [3.8, 4) is 11.4 Å². The Morgan fingerprint density at radius 1 is 1.17 bits per heavy atom. The number of thioether (sulfide) groups is 1. The van der Waals surface area contributed by atoms with Crippen molar-refractivity contribution in [2.75, 3.05) is 12.0 Å². The first-order valence-electron chi connectivity index (χ1n) is 9.50. The van der Waals surface area contributed by atoms with Crippen molar-refractivity contribution in [3.63, 3.8) is 0 Å². The van der Waals surface area contributed by atoms with Crippen LogP contribution in [0.2, 0.25) is 0 Å². The van der Waals surface area contributed by atoms with E-state index in [4.69, 9.17) is 0 Å². The topological polar surface area (TPSA) is 71.8 Å². The summed E-state index contributed by atoms with van der Waals surface area (Å²) in [6.45, 7) is 4.69. The molecule has 1 amide bonds. The van der Waals surface area contributed by atoms with E-state index in [1.54, 1.807) is 16.8 Å². The van der Waals surface area contributed by atoms with Crippen molar-refractivity contribution in [1.29, 1.82) is 0 Å². The van der Waals surface area contributed by atoms with Gasteiger partial charge in [-0.2, -0.15) is 0 Å². The maximum absolute atomic E-state index is 13.5. The van der Waals surface area contributed by atoms with Crippen molar-refractivity contribution >= 4 is 17.7 Å². The summed E-state index contributed by atoms with van der Waals surface area (Å²) < 4.78 is 15.3. The van der Waals surface area contributed by atoms with Crippen LogP contribution in [-0.4, -0.2) is 32.6 Å². The summed E-state index contributed by atoms with van der Waals surface area (Å²) in [4.78, 5) is 12.9. The smallest absolute Gasteiger partial charge is 0.236 e. The van der Waals surface area contributed by atoms with Crippen LogP contribution in [0.15, 0.2) is 59.8 Å². The first-order valence-corrected chi connectivity index (χ1v) is 10.4. The number of hydrogen-bond acceptors (Lipinski definition) is 5. The van der Waals surface area contributed by atoms with Crippen LogP contribution in [-0.2, 0) is 4.79 Å². The number of amides is 1. The molecule has 0 fully saturated rings. The second-order valence-electron chi connectivity index (χ2n) is 7.34. The third kappa shape index (κ3) is 4.12. The molecule has 1 aliphatic heterocycles. The molecule has 3 aromatic rings. The minimum absolute atomic E-state index is 0.0824. The summed E-state index contributed by atoms with van der Waals surface area (Å²) in [7, 11) is 0. The minimum Gasteiger partial charge on any atom is -0.355 e. The Morgan fingerprint density at radius 3 is 2.59 bits per heavy atom. The molecule has 0 saturated heterocycles. The molecular formula is C21H22FN5OS. The molecule has 0 bridgehead atoms. The lowest BCUT2D eigenvalue weighted by atomic mass is 10.0. The fourth-order valence-corrected chi connectivity index (χ4v) is 4.26. The molecule has 0 saturated carbocycles. The largest absolute Gasteiger partial charge is 0.355 e. The molecule has 2 unspecified atom stereocenters. The van der Waals surface area contributed by atoms with Gasteiger partial charge in [-0.3, -0.25) is 4.79 Å². The van der Waals surface area contributed by atoms with Crippen molar-refractivity contribution in [3.05, 3.63) is 66.0 Å². The second kappa shape index (κ2) is 8.24. The molecule has 1 aromatic heterocycles. The third-order valence-corrected chi connectivity index (χ3v) is 5.86. The van der Waals surface area contributed by atoms with Gasteiger partial charge in [0.1, 0.15) is 11.1 Å². The number of halogens is 1. The predicted molar refractivity (Wildman–Crippen MR) is 111 cm³/mol. The highest BCUT2D eigenvalue weighted by atomic mass is 32.2. The van der Waals surface area contributed by atoms with Gasteiger partial charge in [0.05, 0.1) is 6.04 Å². The van der Waals surface area contributed by atoms with Crippen LogP contribution in [0, 0.1) is 11.7 Å². The molecule has 0 spiro atoms. The van der Waals surface area contributed by atoms with Crippen LogP contribution >= 0.6 is 11.8 Å². The fraction of sp³-hybridized carbons (Fsp3) is 0.286. The summed E-state index contributed by atoms with van der Waals surface area (Å²) in [6.07, 6.45) is 0. The number of rotatable bonds is 5. The lowest BCUT2D eigenvalue weighted by molar-refractivity contribution is -0.121. The van der Waals surface area contributed by atoms with Gasteiger partial charge in [0, 0.05) is 12.1 Å². The Bertz CT molecular complexity index is 990. The molecule has 2 heterocycles. The predicted octanol–water partition coefficient (Wildman–Crippen LogP) is 3.62. The van der Waals surface area contributed by atoms with Gasteiger partial charge >= 0.3 is 0 Å². The molecule has 8 heteroatoms. The van der Waals surface area contributed by atoms with Gasteiger partial charge in [0.15, 0.2) is 5.82 Å². The van der Waals surface area contributed by atoms with Gasteiger partial charge in [-0.15, -0.1) is 10.2 Å². The van der Waals surface area contributed by atoms with Crippen LogP contribution in [0.5, 0.6) is 0 Å². The molecule has 2 N–H and O–H groups in total. The Morgan fingerprint density at radius 2 is 1.90 bits per heavy atom. The molecule has 1 aliphatic rings. The lowest BCUT2D eigenvalue weighted by Crippen LogP contribution is -2.44. The summed E-state index contributed by atoms with van der Waals surface area (Å²) in [5, 5.41) is 11.8. The van der Waals surface area contributed by atoms with E-state index >= 15 is 0 Å². The number of aromatic nitrogens is 3. The van der Waals surface area contributed by atoms with E-state index in [2.05, 4.69) is 20.9 Å². The van der Waals surface area contributed by atoms with Gasteiger partial charge < -0.3 is 10.7 Å². The molecule has 0 radical (unpaired) electrons. The quantitative estimate of drug-likeness (QED) is 0.671. The van der Waals surface area contributed by atoms with E-state index < -0.39 is 5.25 Å². The summed E-state index contributed by atoms with van der Waals surface area (Å²) >= 11 is 1.36. The number of nitrogens with one attached hydrogen (secondary N) is 2. The first-order chi connectivity index (χ1) is 14.0. The normalized spacial score (nSPS) is 18.2. The zero-order valence-corrected chi connectivity index (χ0v) is 17.0.